The summed E-state index contributed by atoms with van der Waals surface area (Å²) in [5, 5.41) is 19.5. The molecule has 0 spiro atoms. The number of hydrogen-bond donors (Lipinski definition) is 0. The largest absolute Gasteiger partial charge is 2.00 e. The quantitative estimate of drug-likeness (QED) is 0.269. The van der Waals surface area contributed by atoms with Gasteiger partial charge in [0.05, 0.1) is 39.8 Å². The van der Waals surface area contributed by atoms with E-state index in [2.05, 4.69) is 9.05 Å². The molecule has 0 aliphatic rings. The van der Waals surface area contributed by atoms with E-state index in [1.54, 1.807) is 0 Å². The van der Waals surface area contributed by atoms with Gasteiger partial charge >= 0.3 is 113 Å². The fourth-order valence-corrected chi connectivity index (χ4v) is 1.42. The van der Waals surface area contributed by atoms with Gasteiger partial charge in [-0.3, -0.25) is 0 Å². The topological polar surface area (TPSA) is 225 Å². The maximum atomic E-state index is 9.74. The molecular weight excluding hydrogens is 446 g/mol. The summed E-state index contributed by atoms with van der Waals surface area (Å²) in [6.45, 7) is 1.77. The van der Waals surface area contributed by atoms with Crippen LogP contribution in [0.1, 0.15) is 13.8 Å². The molecule has 0 saturated heterocycles. The molecule has 12 nitrogen and oxygen atoms in total. The van der Waals surface area contributed by atoms with E-state index in [-0.39, 0.29) is 113 Å². The van der Waals surface area contributed by atoms with E-state index >= 15 is 0 Å². The average Bonchev–Trinajstić information content (AvgIpc) is 2.12. The van der Waals surface area contributed by atoms with Crippen molar-refractivity contribution in [1.29, 1.82) is 0 Å². The van der Waals surface area contributed by atoms with Gasteiger partial charge in [-0.25, -0.2) is 0 Å². The Hall–Kier alpha value is 2.94. The second-order valence-electron chi connectivity index (χ2n) is 3.03. The van der Waals surface area contributed by atoms with Gasteiger partial charge < -0.3 is 57.6 Å². The Kier molecular flexibility index (Phi) is 27.3. The predicted molar refractivity (Wildman–Crippen MR) is 63.6 cm³/mol. The standard InChI is InChI=1S/2C3H7O6P.3Ca/c2*1-2(3(4)5)9-10(6,7)8;;;/h2*2H,1H3,(H,4,5)(H2,6,7,8);;;/q;;3*+2/p-6. The van der Waals surface area contributed by atoms with Crippen LogP contribution in [0.4, 0.5) is 0 Å². The summed E-state index contributed by atoms with van der Waals surface area (Å²) in [7, 11) is -10.4. The van der Waals surface area contributed by atoms with E-state index in [9.17, 15) is 48.5 Å². The van der Waals surface area contributed by atoms with E-state index in [1.807, 2.05) is 0 Å². The summed E-state index contributed by atoms with van der Waals surface area (Å²) < 4.78 is 26.4. The Bertz CT molecular complexity index is 393. The van der Waals surface area contributed by atoms with Crippen molar-refractivity contribution >= 4 is 141 Å². The van der Waals surface area contributed by atoms with E-state index in [0.717, 1.165) is 13.8 Å². The van der Waals surface area contributed by atoms with E-state index in [0.29, 0.717) is 0 Å². The van der Waals surface area contributed by atoms with Crippen molar-refractivity contribution in [1.82, 2.24) is 0 Å². The zero-order valence-electron chi connectivity index (χ0n) is 12.1. The van der Waals surface area contributed by atoms with Gasteiger partial charge in [0.15, 0.2) is 0 Å². The molecule has 2 unspecified atom stereocenters. The number of carbonyl (C=O) groups excluding carboxylic acids is 2. The predicted octanol–water partition coefficient (Wildman–Crippen LogP) is -7.20. The molecule has 23 heavy (non-hydrogen) atoms. The van der Waals surface area contributed by atoms with E-state index in [4.69, 9.17) is 0 Å². The number of carboxylic acid groups (broad SMARTS) is 2. The fraction of sp³-hybridized carbons (Fsp3) is 0.667. The molecule has 0 N–H and O–H groups in total. The van der Waals surface area contributed by atoms with Crippen molar-refractivity contribution in [2.45, 2.75) is 26.1 Å². The van der Waals surface area contributed by atoms with Crippen LogP contribution in [-0.2, 0) is 27.8 Å². The minimum atomic E-state index is -5.20. The molecule has 0 amide bonds. The summed E-state index contributed by atoms with van der Waals surface area (Å²) in [6, 6.07) is 0. The molecule has 0 aromatic carbocycles. The number of phosphoric acid groups is 2. The smallest absolute Gasteiger partial charge is 0.790 e. The number of hydrogen-bond acceptors (Lipinski definition) is 12. The number of phosphoric ester groups is 2. The average molecular weight is 454 g/mol. The third-order valence-corrected chi connectivity index (χ3v) is 2.39. The van der Waals surface area contributed by atoms with Gasteiger partial charge in [0.1, 0.15) is 0 Å². The zero-order valence-corrected chi connectivity index (χ0v) is 20.5. The minimum absolute atomic E-state index is 0. The summed E-state index contributed by atoms with van der Waals surface area (Å²) >= 11 is 0. The number of carbonyl (C=O) groups is 2. The van der Waals surface area contributed by atoms with Crippen LogP contribution in [0.15, 0.2) is 0 Å². The molecule has 0 heterocycles. The monoisotopic (exact) mass is 454 g/mol. The third kappa shape index (κ3) is 29.9. The van der Waals surface area contributed by atoms with Gasteiger partial charge in [-0.05, 0) is 13.8 Å². The summed E-state index contributed by atoms with van der Waals surface area (Å²) in [6.07, 6.45) is -3.44. The van der Waals surface area contributed by atoms with Crippen LogP contribution < -0.4 is 29.8 Å². The second-order valence-corrected chi connectivity index (χ2v) is 5.24. The summed E-state index contributed by atoms with van der Waals surface area (Å²) in [5.41, 5.74) is 0. The van der Waals surface area contributed by atoms with Crippen molar-refractivity contribution in [3.63, 3.8) is 0 Å². The van der Waals surface area contributed by atoms with Crippen LogP contribution in [-0.4, -0.2) is 137 Å². The Balaban J connectivity index is -0.0000000831. The number of rotatable bonds is 6. The third-order valence-electron chi connectivity index (χ3n) is 1.24. The Labute approximate surface area is 220 Å². The Morgan fingerprint density at radius 1 is 0.739 bits per heavy atom. The molecule has 0 aliphatic carbocycles. The van der Waals surface area contributed by atoms with E-state index in [1.165, 1.54) is 0 Å². The minimum Gasteiger partial charge on any atom is -0.790 e. The van der Waals surface area contributed by atoms with Gasteiger partial charge in [-0.2, -0.15) is 0 Å². The second kappa shape index (κ2) is 17.1. The molecule has 0 fully saturated rings. The van der Waals surface area contributed by atoms with E-state index < -0.39 is 39.8 Å². The van der Waals surface area contributed by atoms with Crippen LogP contribution in [0.25, 0.3) is 0 Å². The first-order valence-electron chi connectivity index (χ1n) is 4.48. The summed E-state index contributed by atoms with van der Waals surface area (Å²) in [4.78, 5) is 58.3. The first kappa shape index (κ1) is 36.8. The van der Waals surface area contributed by atoms with Crippen LogP contribution in [0.3, 0.4) is 0 Å². The molecule has 2 atom stereocenters. The van der Waals surface area contributed by atoms with Gasteiger partial charge in [-0.15, -0.1) is 0 Å². The van der Waals surface area contributed by atoms with Crippen LogP contribution in [0.5, 0.6) is 0 Å². The number of carboxylic acids is 2. The molecule has 0 aromatic rings. The van der Waals surface area contributed by atoms with Crippen molar-refractivity contribution in [3.8, 4) is 0 Å². The summed E-state index contributed by atoms with van der Waals surface area (Å²) in [5.74, 6) is -3.49. The van der Waals surface area contributed by atoms with Crippen molar-refractivity contribution in [3.05, 3.63) is 0 Å². The SMILES string of the molecule is CC(OP(=O)([O-])[O-])C(=O)[O-].CC(OP(=O)([O-])[O-])C(=O)[O-].[Ca+2].[Ca+2].[Ca+2]. The first-order valence-corrected chi connectivity index (χ1v) is 7.40. The molecule has 0 bridgehead atoms. The fourth-order valence-electron chi connectivity index (χ4n) is 0.473. The molecule has 0 aromatic heterocycles. The van der Waals surface area contributed by atoms with Crippen molar-refractivity contribution < 1.29 is 57.6 Å². The molecular formula is C6H8Ca3O12P2. The number of aliphatic carboxylic acids is 2. The van der Waals surface area contributed by atoms with Crippen LogP contribution >= 0.6 is 15.6 Å². The van der Waals surface area contributed by atoms with Gasteiger partial charge in [0.25, 0.3) is 0 Å². The molecule has 0 radical (unpaired) electrons. The maximum absolute atomic E-state index is 9.74. The van der Waals surface area contributed by atoms with Crippen molar-refractivity contribution in [2.75, 3.05) is 0 Å². The van der Waals surface area contributed by atoms with Crippen molar-refractivity contribution in [2.24, 2.45) is 0 Å². The van der Waals surface area contributed by atoms with Crippen LogP contribution in [0, 0.1) is 0 Å². The zero-order chi connectivity index (χ0) is 16.7. The Morgan fingerprint density at radius 3 is 0.957 bits per heavy atom. The molecule has 120 valence electrons. The van der Waals surface area contributed by atoms with Gasteiger partial charge in [-0.1, -0.05) is 0 Å². The molecule has 17 heteroatoms. The molecule has 0 saturated carbocycles. The molecule has 0 rings (SSSR count). The van der Waals surface area contributed by atoms with Gasteiger partial charge in [0.2, 0.25) is 0 Å². The first-order chi connectivity index (χ1) is 8.65. The van der Waals surface area contributed by atoms with Crippen LogP contribution in [0.2, 0.25) is 0 Å². The Morgan fingerprint density at radius 2 is 0.913 bits per heavy atom. The molecule has 0 aliphatic heterocycles. The normalized spacial score (nSPS) is 12.8. The maximum Gasteiger partial charge on any atom is 2.00 e. The van der Waals surface area contributed by atoms with Gasteiger partial charge in [0, 0.05) is 0 Å².